The van der Waals surface area contributed by atoms with Crippen molar-refractivity contribution in [3.63, 3.8) is 0 Å². The molecule has 0 bridgehead atoms. The summed E-state index contributed by atoms with van der Waals surface area (Å²) in [5.74, 6) is 1.29. The third-order valence-corrected chi connectivity index (χ3v) is 5.52. The molecule has 0 amide bonds. The first-order valence-electron chi connectivity index (χ1n) is 8.74. The van der Waals surface area contributed by atoms with Gasteiger partial charge >= 0.3 is 7.12 Å². The highest BCUT2D eigenvalue weighted by Crippen LogP contribution is 2.29. The summed E-state index contributed by atoms with van der Waals surface area (Å²) in [7, 11) is -3.86. The van der Waals surface area contributed by atoms with Gasteiger partial charge in [0.1, 0.15) is 5.75 Å². The van der Waals surface area contributed by atoms with Crippen LogP contribution in [0, 0.1) is 5.92 Å². The van der Waals surface area contributed by atoms with Crippen molar-refractivity contribution in [1.29, 1.82) is 0 Å². The van der Waals surface area contributed by atoms with Crippen LogP contribution in [0.1, 0.15) is 38.5 Å². The minimum absolute atomic E-state index is 0.267. The van der Waals surface area contributed by atoms with Gasteiger partial charge in [-0.25, -0.2) is 8.42 Å². The molecular formula is C17H25BO5S. The lowest BCUT2D eigenvalue weighted by Gasteiger charge is -2.18. The van der Waals surface area contributed by atoms with Crippen molar-refractivity contribution < 1.29 is 22.5 Å². The SMILES string of the molecule is CS(=O)(=O)c1ccc(OCC2CC2)c(B2OCCCCCCO2)c1. The summed E-state index contributed by atoms with van der Waals surface area (Å²) in [6.45, 7) is 1.88. The second-order valence-corrected chi connectivity index (χ2v) is 8.73. The van der Waals surface area contributed by atoms with Crippen LogP contribution in [-0.4, -0.2) is 41.6 Å². The Bertz CT molecular complexity index is 647. The fraction of sp³-hybridized carbons (Fsp3) is 0.647. The van der Waals surface area contributed by atoms with Crippen molar-refractivity contribution in [2.75, 3.05) is 26.1 Å². The highest BCUT2D eigenvalue weighted by atomic mass is 32.2. The first-order chi connectivity index (χ1) is 11.5. The molecule has 1 aliphatic heterocycles. The maximum absolute atomic E-state index is 11.9. The molecule has 2 aliphatic rings. The van der Waals surface area contributed by atoms with Crippen molar-refractivity contribution in [2.45, 2.75) is 43.4 Å². The first-order valence-corrected chi connectivity index (χ1v) is 10.6. The molecule has 0 unspecified atom stereocenters. The predicted molar refractivity (Wildman–Crippen MR) is 93.5 cm³/mol. The van der Waals surface area contributed by atoms with Gasteiger partial charge in [-0.15, -0.1) is 0 Å². The summed E-state index contributed by atoms with van der Waals surface area (Å²) >= 11 is 0. The molecule has 7 heteroatoms. The van der Waals surface area contributed by atoms with Gasteiger partial charge in [0.25, 0.3) is 0 Å². The summed E-state index contributed by atoms with van der Waals surface area (Å²) in [5.41, 5.74) is 0.681. The predicted octanol–water partition coefficient (Wildman–Crippen LogP) is 2.18. The Balaban J connectivity index is 1.86. The molecule has 1 aliphatic carbocycles. The highest BCUT2D eigenvalue weighted by Gasteiger charge is 2.29. The molecule has 132 valence electrons. The standard InChI is InChI=1S/C17H25BO5S/c1-24(19,20)15-8-9-17(21-13-14-6-7-14)16(12-15)18-22-10-4-2-3-5-11-23-18/h8-9,12,14H,2-7,10-11,13H2,1H3. The molecule has 24 heavy (non-hydrogen) atoms. The normalized spacial score (nSPS) is 20.1. The zero-order chi connectivity index (χ0) is 17.0. The molecule has 0 N–H and O–H groups in total. The molecule has 1 aromatic carbocycles. The summed E-state index contributed by atoms with van der Waals surface area (Å²) < 4.78 is 41.5. The van der Waals surface area contributed by atoms with E-state index in [2.05, 4.69) is 0 Å². The van der Waals surface area contributed by atoms with Crippen LogP contribution in [0.3, 0.4) is 0 Å². The van der Waals surface area contributed by atoms with E-state index in [1.807, 2.05) is 0 Å². The third kappa shape index (κ3) is 4.97. The van der Waals surface area contributed by atoms with Crippen molar-refractivity contribution >= 4 is 22.4 Å². The van der Waals surface area contributed by atoms with E-state index >= 15 is 0 Å². The minimum atomic E-state index is -3.29. The Morgan fingerprint density at radius 3 is 2.38 bits per heavy atom. The van der Waals surface area contributed by atoms with Crippen LogP contribution in [0.15, 0.2) is 23.1 Å². The van der Waals surface area contributed by atoms with Gasteiger partial charge < -0.3 is 14.0 Å². The topological polar surface area (TPSA) is 61.8 Å². The molecule has 0 aromatic heterocycles. The lowest BCUT2D eigenvalue weighted by molar-refractivity contribution is 0.212. The van der Waals surface area contributed by atoms with E-state index in [4.69, 9.17) is 14.0 Å². The number of benzene rings is 1. The first kappa shape index (κ1) is 17.8. The smallest absolute Gasteiger partial charge is 0.494 e. The Morgan fingerprint density at radius 1 is 1.12 bits per heavy atom. The Kier molecular flexibility index (Phi) is 5.84. The van der Waals surface area contributed by atoms with Gasteiger partial charge in [-0.05, 0) is 49.8 Å². The van der Waals surface area contributed by atoms with Crippen LogP contribution in [0.25, 0.3) is 0 Å². The average Bonchev–Trinajstić information content (AvgIpc) is 3.34. The van der Waals surface area contributed by atoms with Crippen LogP contribution in [0.5, 0.6) is 5.75 Å². The molecule has 1 saturated carbocycles. The monoisotopic (exact) mass is 352 g/mol. The average molecular weight is 352 g/mol. The number of hydrogen-bond donors (Lipinski definition) is 0. The number of sulfone groups is 1. The van der Waals surface area contributed by atoms with Crippen molar-refractivity contribution in [3.8, 4) is 5.75 Å². The van der Waals surface area contributed by atoms with Gasteiger partial charge in [0, 0.05) is 24.9 Å². The van der Waals surface area contributed by atoms with Crippen LogP contribution >= 0.6 is 0 Å². The van der Waals surface area contributed by atoms with E-state index in [0.29, 0.717) is 37.0 Å². The van der Waals surface area contributed by atoms with Gasteiger partial charge in [-0.3, -0.25) is 0 Å². The Morgan fingerprint density at radius 2 is 1.79 bits per heavy atom. The molecule has 3 rings (SSSR count). The molecule has 2 fully saturated rings. The van der Waals surface area contributed by atoms with Gasteiger partial charge in [-0.1, -0.05) is 12.8 Å². The molecule has 1 heterocycles. The van der Waals surface area contributed by atoms with Gasteiger partial charge in [0.2, 0.25) is 0 Å². The molecule has 1 aromatic rings. The molecule has 0 radical (unpaired) electrons. The molecule has 5 nitrogen and oxygen atoms in total. The number of hydrogen-bond acceptors (Lipinski definition) is 5. The van der Waals surface area contributed by atoms with Crippen LogP contribution in [0.4, 0.5) is 0 Å². The van der Waals surface area contributed by atoms with E-state index in [9.17, 15) is 8.42 Å². The Hall–Kier alpha value is -1.05. The largest absolute Gasteiger partial charge is 0.497 e. The second-order valence-electron chi connectivity index (χ2n) is 6.71. The van der Waals surface area contributed by atoms with Crippen molar-refractivity contribution in [2.24, 2.45) is 5.92 Å². The molecule has 0 atom stereocenters. The number of ether oxygens (including phenoxy) is 1. The van der Waals surface area contributed by atoms with E-state index < -0.39 is 17.0 Å². The molecule has 1 saturated heterocycles. The van der Waals surface area contributed by atoms with Gasteiger partial charge in [0.15, 0.2) is 9.84 Å². The molecule has 0 spiro atoms. The van der Waals surface area contributed by atoms with Crippen LogP contribution in [0.2, 0.25) is 0 Å². The summed E-state index contributed by atoms with van der Waals surface area (Å²) in [6.07, 6.45) is 7.85. The fourth-order valence-corrected chi connectivity index (χ4v) is 3.39. The zero-order valence-corrected chi connectivity index (χ0v) is 15.0. The summed E-state index contributed by atoms with van der Waals surface area (Å²) in [6, 6.07) is 4.96. The van der Waals surface area contributed by atoms with Crippen LogP contribution < -0.4 is 10.2 Å². The lowest BCUT2D eigenvalue weighted by atomic mass is 9.78. The highest BCUT2D eigenvalue weighted by molar-refractivity contribution is 7.90. The van der Waals surface area contributed by atoms with Gasteiger partial charge in [0.05, 0.1) is 11.5 Å². The quantitative estimate of drug-likeness (QED) is 0.760. The number of rotatable bonds is 5. The summed E-state index contributed by atoms with van der Waals surface area (Å²) in [5, 5.41) is 0. The fourth-order valence-electron chi connectivity index (χ4n) is 2.73. The van der Waals surface area contributed by atoms with E-state index in [1.54, 1.807) is 18.2 Å². The maximum atomic E-state index is 11.9. The van der Waals surface area contributed by atoms with E-state index in [-0.39, 0.29) is 4.90 Å². The van der Waals surface area contributed by atoms with Crippen molar-refractivity contribution in [3.05, 3.63) is 18.2 Å². The lowest BCUT2D eigenvalue weighted by Crippen LogP contribution is -2.39. The maximum Gasteiger partial charge on any atom is 0.497 e. The van der Waals surface area contributed by atoms with Gasteiger partial charge in [-0.2, -0.15) is 0 Å². The second kappa shape index (κ2) is 7.89. The minimum Gasteiger partial charge on any atom is -0.494 e. The zero-order valence-electron chi connectivity index (χ0n) is 14.2. The molecular weight excluding hydrogens is 327 g/mol. The van der Waals surface area contributed by atoms with Crippen LogP contribution in [-0.2, 0) is 19.1 Å². The third-order valence-electron chi connectivity index (χ3n) is 4.41. The van der Waals surface area contributed by atoms with E-state index in [0.717, 1.165) is 25.7 Å². The van der Waals surface area contributed by atoms with E-state index in [1.165, 1.54) is 19.1 Å². The van der Waals surface area contributed by atoms with Crippen molar-refractivity contribution in [1.82, 2.24) is 0 Å². The Labute approximate surface area is 144 Å². The summed E-state index contributed by atoms with van der Waals surface area (Å²) in [4.78, 5) is 0.267.